The molecule has 0 N–H and O–H groups in total. The standard InChI is InChI=1S/C8H11.Li/c1-2-8-6-4-3-5-7-8;/h8H,3-7H2;/q-1;+1. The maximum atomic E-state index is 6.85. The van der Waals surface area contributed by atoms with Crippen LogP contribution in [0, 0.1) is 18.3 Å². The normalized spacial score (nSPS) is 19.9. The molecule has 0 nitrogen and oxygen atoms in total. The zero-order valence-corrected chi connectivity index (χ0v) is 6.11. The van der Waals surface area contributed by atoms with Gasteiger partial charge in [-0.3, -0.25) is 0 Å². The van der Waals surface area contributed by atoms with Crippen molar-refractivity contribution in [2.45, 2.75) is 32.1 Å². The van der Waals surface area contributed by atoms with Crippen LogP contribution in [0.5, 0.6) is 0 Å². The molecular formula is C8H11Li. The first-order valence-electron chi connectivity index (χ1n) is 3.36. The number of hydrogen-bond donors (Lipinski definition) is 0. The summed E-state index contributed by atoms with van der Waals surface area (Å²) < 4.78 is 0. The molecular weight excluding hydrogens is 103 g/mol. The van der Waals surface area contributed by atoms with Crippen molar-refractivity contribution < 1.29 is 18.9 Å². The van der Waals surface area contributed by atoms with Crippen LogP contribution in [0.3, 0.4) is 0 Å². The minimum absolute atomic E-state index is 0. The van der Waals surface area contributed by atoms with Gasteiger partial charge in [-0.05, 0) is 18.8 Å². The van der Waals surface area contributed by atoms with E-state index < -0.39 is 0 Å². The van der Waals surface area contributed by atoms with E-state index in [0.29, 0.717) is 5.92 Å². The van der Waals surface area contributed by atoms with Crippen LogP contribution >= 0.6 is 0 Å². The molecule has 0 bridgehead atoms. The first-order chi connectivity index (χ1) is 3.93. The molecule has 0 unspecified atom stereocenters. The maximum Gasteiger partial charge on any atom is 1.00 e. The van der Waals surface area contributed by atoms with Crippen LogP contribution in [0.15, 0.2) is 0 Å². The van der Waals surface area contributed by atoms with Gasteiger partial charge in [0.2, 0.25) is 0 Å². The Labute approximate surface area is 69.6 Å². The van der Waals surface area contributed by atoms with Gasteiger partial charge in [0.15, 0.2) is 0 Å². The van der Waals surface area contributed by atoms with Crippen molar-refractivity contribution in [2.24, 2.45) is 5.92 Å². The Morgan fingerprint density at radius 1 is 1.11 bits per heavy atom. The Bertz CT molecular complexity index is 95.6. The monoisotopic (exact) mass is 114 g/mol. The minimum atomic E-state index is 0. The molecule has 44 valence electrons. The third-order valence-electron chi connectivity index (χ3n) is 1.81. The summed E-state index contributed by atoms with van der Waals surface area (Å²) in [6.45, 7) is 0. The van der Waals surface area contributed by atoms with Crippen LogP contribution in [-0.2, 0) is 0 Å². The molecule has 0 spiro atoms. The van der Waals surface area contributed by atoms with E-state index in [1.54, 1.807) is 0 Å². The minimum Gasteiger partial charge on any atom is -0.693 e. The zero-order chi connectivity index (χ0) is 5.82. The van der Waals surface area contributed by atoms with Gasteiger partial charge in [0.1, 0.15) is 0 Å². The van der Waals surface area contributed by atoms with E-state index >= 15 is 0 Å². The number of rotatable bonds is 0. The molecule has 0 atom stereocenters. The van der Waals surface area contributed by atoms with Crippen molar-refractivity contribution in [2.75, 3.05) is 0 Å². The second-order valence-electron chi connectivity index (χ2n) is 2.48. The second kappa shape index (κ2) is 4.98. The van der Waals surface area contributed by atoms with Gasteiger partial charge in [0, 0.05) is 0 Å². The average molecular weight is 114 g/mol. The quantitative estimate of drug-likeness (QED) is 0.219. The second-order valence-corrected chi connectivity index (χ2v) is 2.48. The smallest absolute Gasteiger partial charge is 0.693 e. The molecule has 1 aliphatic carbocycles. The molecule has 9 heavy (non-hydrogen) atoms. The predicted molar refractivity (Wildman–Crippen MR) is 33.7 cm³/mol. The van der Waals surface area contributed by atoms with Crippen LogP contribution < -0.4 is 18.9 Å². The van der Waals surface area contributed by atoms with E-state index in [1.807, 2.05) is 0 Å². The first-order valence-corrected chi connectivity index (χ1v) is 3.36. The van der Waals surface area contributed by atoms with E-state index in [9.17, 15) is 0 Å². The number of hydrogen-bond acceptors (Lipinski definition) is 0. The van der Waals surface area contributed by atoms with Gasteiger partial charge in [0.05, 0.1) is 0 Å². The molecule has 1 fully saturated rings. The van der Waals surface area contributed by atoms with Crippen molar-refractivity contribution in [3.63, 3.8) is 0 Å². The van der Waals surface area contributed by atoms with Crippen LogP contribution in [0.25, 0.3) is 0 Å². The SMILES string of the molecule is [C-]#CC1CCCCC1.[Li+]. The van der Waals surface area contributed by atoms with Gasteiger partial charge < -0.3 is 12.3 Å². The van der Waals surface area contributed by atoms with Crippen LogP contribution in [0.4, 0.5) is 0 Å². The Morgan fingerprint density at radius 2 is 1.67 bits per heavy atom. The van der Waals surface area contributed by atoms with Gasteiger partial charge in [-0.2, -0.15) is 0 Å². The molecule has 0 saturated heterocycles. The topological polar surface area (TPSA) is 0 Å². The molecule has 1 saturated carbocycles. The summed E-state index contributed by atoms with van der Waals surface area (Å²) in [6, 6.07) is 0. The average Bonchev–Trinajstić information content (AvgIpc) is 1.90. The third-order valence-corrected chi connectivity index (χ3v) is 1.81. The largest absolute Gasteiger partial charge is 1.00 e. The molecule has 0 aromatic rings. The first kappa shape index (κ1) is 9.16. The summed E-state index contributed by atoms with van der Waals surface area (Å²) in [5.41, 5.74) is 0. The fourth-order valence-corrected chi connectivity index (χ4v) is 1.25. The molecule has 1 aliphatic rings. The predicted octanol–water partition coefficient (Wildman–Crippen LogP) is -0.840. The molecule has 0 aromatic heterocycles. The van der Waals surface area contributed by atoms with E-state index in [2.05, 4.69) is 5.92 Å². The van der Waals surface area contributed by atoms with Gasteiger partial charge in [-0.1, -0.05) is 19.3 Å². The van der Waals surface area contributed by atoms with Crippen molar-refractivity contribution >= 4 is 0 Å². The summed E-state index contributed by atoms with van der Waals surface area (Å²) in [7, 11) is 0. The van der Waals surface area contributed by atoms with Crippen LogP contribution in [-0.4, -0.2) is 0 Å². The Balaban J connectivity index is 0.000000640. The van der Waals surface area contributed by atoms with Crippen LogP contribution in [0.1, 0.15) is 32.1 Å². The van der Waals surface area contributed by atoms with E-state index in [4.69, 9.17) is 6.42 Å². The van der Waals surface area contributed by atoms with Crippen molar-refractivity contribution in [3.05, 3.63) is 6.42 Å². The molecule has 0 heterocycles. The van der Waals surface area contributed by atoms with Gasteiger partial charge in [-0.25, -0.2) is 0 Å². The molecule has 1 rings (SSSR count). The summed E-state index contributed by atoms with van der Waals surface area (Å²) >= 11 is 0. The van der Waals surface area contributed by atoms with Crippen LogP contribution in [0.2, 0.25) is 0 Å². The molecule has 0 amide bonds. The van der Waals surface area contributed by atoms with Gasteiger partial charge in [0.25, 0.3) is 0 Å². The Hall–Kier alpha value is 0.157. The molecule has 0 aliphatic heterocycles. The molecule has 0 aromatic carbocycles. The Morgan fingerprint density at radius 3 is 2.00 bits per heavy atom. The van der Waals surface area contributed by atoms with Crippen molar-refractivity contribution in [1.82, 2.24) is 0 Å². The summed E-state index contributed by atoms with van der Waals surface area (Å²) in [5.74, 6) is 3.06. The zero-order valence-electron chi connectivity index (χ0n) is 6.11. The summed E-state index contributed by atoms with van der Waals surface area (Å²) in [5, 5.41) is 0. The van der Waals surface area contributed by atoms with E-state index in [-0.39, 0.29) is 18.9 Å². The van der Waals surface area contributed by atoms with Crippen molar-refractivity contribution in [1.29, 1.82) is 0 Å². The maximum absolute atomic E-state index is 6.85. The Kier molecular flexibility index (Phi) is 5.07. The summed E-state index contributed by atoms with van der Waals surface area (Å²) in [4.78, 5) is 0. The van der Waals surface area contributed by atoms with E-state index in [0.717, 1.165) is 0 Å². The molecule has 0 radical (unpaired) electrons. The fourth-order valence-electron chi connectivity index (χ4n) is 1.25. The van der Waals surface area contributed by atoms with Crippen molar-refractivity contribution in [3.8, 4) is 5.92 Å². The summed E-state index contributed by atoms with van der Waals surface area (Å²) in [6.07, 6.45) is 13.3. The van der Waals surface area contributed by atoms with E-state index in [1.165, 1.54) is 32.1 Å². The fraction of sp³-hybridized carbons (Fsp3) is 0.750. The third kappa shape index (κ3) is 3.00. The van der Waals surface area contributed by atoms with Gasteiger partial charge >= 0.3 is 18.9 Å². The molecule has 1 heteroatoms. The van der Waals surface area contributed by atoms with Gasteiger partial charge in [-0.15, -0.1) is 0 Å².